The molecule has 2 aromatic rings. The van der Waals surface area contributed by atoms with Gasteiger partial charge in [-0.15, -0.1) is 0 Å². The van der Waals surface area contributed by atoms with Gasteiger partial charge in [-0.3, -0.25) is 14.4 Å². The minimum absolute atomic E-state index is 0.120. The van der Waals surface area contributed by atoms with E-state index in [-0.39, 0.29) is 12.4 Å². The van der Waals surface area contributed by atoms with Crippen LogP contribution in [0.25, 0.3) is 6.08 Å². The first-order valence-corrected chi connectivity index (χ1v) is 12.3. The van der Waals surface area contributed by atoms with Crippen LogP contribution in [-0.4, -0.2) is 36.0 Å². The molecule has 7 nitrogen and oxygen atoms in total. The molecule has 2 aromatic carbocycles. The van der Waals surface area contributed by atoms with E-state index in [0.717, 1.165) is 10.5 Å². The Balaban J connectivity index is 1.71. The number of rotatable bonds is 3. The van der Waals surface area contributed by atoms with Crippen LogP contribution < -0.4 is 4.90 Å². The third-order valence-corrected chi connectivity index (χ3v) is 7.31. The Kier molecular flexibility index (Phi) is 5.62. The van der Waals surface area contributed by atoms with E-state index < -0.39 is 46.7 Å². The minimum Gasteiger partial charge on any atom is -0.466 e. The van der Waals surface area contributed by atoms with Crippen molar-refractivity contribution in [3.05, 3.63) is 71.3 Å². The van der Waals surface area contributed by atoms with Gasteiger partial charge >= 0.3 is 12.1 Å². The van der Waals surface area contributed by atoms with E-state index in [1.54, 1.807) is 52.0 Å². The predicted molar refractivity (Wildman–Crippen MR) is 133 cm³/mol. The van der Waals surface area contributed by atoms with Crippen molar-refractivity contribution in [1.82, 2.24) is 0 Å². The second-order valence-electron chi connectivity index (χ2n) is 10.5. The van der Waals surface area contributed by atoms with Crippen molar-refractivity contribution in [3.63, 3.8) is 0 Å². The Labute approximate surface area is 210 Å². The number of nitrogens with zero attached hydrogens (tertiary/aromatic N) is 1. The van der Waals surface area contributed by atoms with Crippen molar-refractivity contribution in [3.8, 4) is 0 Å². The van der Waals surface area contributed by atoms with Crippen molar-refractivity contribution >= 4 is 35.5 Å². The number of para-hydroxylation sites is 1. The van der Waals surface area contributed by atoms with Gasteiger partial charge in [0.15, 0.2) is 5.78 Å². The quantitative estimate of drug-likeness (QED) is 0.461. The summed E-state index contributed by atoms with van der Waals surface area (Å²) in [6.45, 7) is 7.00. The van der Waals surface area contributed by atoms with E-state index in [0.29, 0.717) is 23.2 Å². The Morgan fingerprint density at radius 2 is 1.72 bits per heavy atom. The van der Waals surface area contributed by atoms with Gasteiger partial charge in [0.25, 0.3) is 0 Å². The van der Waals surface area contributed by atoms with Crippen molar-refractivity contribution < 1.29 is 28.7 Å². The summed E-state index contributed by atoms with van der Waals surface area (Å²) in [6, 6.07) is 16.4. The molecule has 7 heteroatoms. The number of carbonyl (C=O) groups is 4. The first-order valence-electron chi connectivity index (χ1n) is 12.3. The van der Waals surface area contributed by atoms with Crippen molar-refractivity contribution in [1.29, 1.82) is 0 Å². The molecule has 0 saturated heterocycles. The van der Waals surface area contributed by atoms with E-state index in [1.807, 2.05) is 36.4 Å². The fraction of sp³-hybridized carbons (Fsp3) is 0.379. The van der Waals surface area contributed by atoms with E-state index in [1.165, 1.54) is 0 Å². The summed E-state index contributed by atoms with van der Waals surface area (Å²) < 4.78 is 11.0. The van der Waals surface area contributed by atoms with Gasteiger partial charge in [-0.05, 0) is 57.4 Å². The van der Waals surface area contributed by atoms with Crippen molar-refractivity contribution in [2.75, 3.05) is 11.5 Å². The maximum absolute atomic E-state index is 14.4. The third kappa shape index (κ3) is 3.40. The summed E-state index contributed by atoms with van der Waals surface area (Å²) in [5.41, 5.74) is 0.00720. The SMILES string of the molecule is CCOC(=O)[C@H]1[C@H]2C[C@H](/C(=C\c3ccccc3)C2=O)[C@]12C(=O)N(C(=O)OC(C)(C)C)c1ccccc12. The first kappa shape index (κ1) is 24.0. The molecule has 1 aliphatic heterocycles. The summed E-state index contributed by atoms with van der Waals surface area (Å²) in [5.74, 6) is -3.59. The summed E-state index contributed by atoms with van der Waals surface area (Å²) in [5, 5.41) is 0. The average molecular weight is 488 g/mol. The molecule has 0 unspecified atom stereocenters. The number of anilines is 1. The van der Waals surface area contributed by atoms with Crippen LogP contribution in [0.3, 0.4) is 0 Å². The number of hydrogen-bond donors (Lipinski definition) is 0. The number of fused-ring (bicyclic) bond motifs is 5. The number of hydrogen-bond acceptors (Lipinski definition) is 6. The zero-order valence-corrected chi connectivity index (χ0v) is 20.8. The lowest BCUT2D eigenvalue weighted by molar-refractivity contribution is -0.156. The van der Waals surface area contributed by atoms with Crippen LogP contribution in [0.15, 0.2) is 60.2 Å². The maximum atomic E-state index is 14.4. The first-order chi connectivity index (χ1) is 17.1. The molecule has 186 valence electrons. The van der Waals surface area contributed by atoms with Crippen LogP contribution >= 0.6 is 0 Å². The second kappa shape index (κ2) is 8.43. The third-order valence-electron chi connectivity index (χ3n) is 7.31. The number of carbonyl (C=O) groups excluding carboxylic acids is 4. The van der Waals surface area contributed by atoms with Crippen LogP contribution in [0.5, 0.6) is 0 Å². The molecule has 3 aliphatic rings. The molecule has 2 saturated carbocycles. The van der Waals surface area contributed by atoms with Crippen LogP contribution in [0.1, 0.15) is 45.2 Å². The lowest BCUT2D eigenvalue weighted by Crippen LogP contribution is -2.55. The van der Waals surface area contributed by atoms with Gasteiger partial charge in [0.05, 0.1) is 23.6 Å². The molecular weight excluding hydrogens is 458 g/mol. The molecule has 2 fully saturated rings. The summed E-state index contributed by atoms with van der Waals surface area (Å²) >= 11 is 0. The zero-order chi connectivity index (χ0) is 25.8. The Hall–Kier alpha value is -3.74. The Bertz CT molecular complexity index is 1290. The van der Waals surface area contributed by atoms with Crippen LogP contribution in [0, 0.1) is 17.8 Å². The van der Waals surface area contributed by atoms with E-state index >= 15 is 0 Å². The molecule has 0 radical (unpaired) electrons. The number of ether oxygens (including phenoxy) is 2. The predicted octanol–water partition coefficient (Wildman–Crippen LogP) is 4.69. The van der Waals surface area contributed by atoms with Gasteiger partial charge < -0.3 is 9.47 Å². The average Bonchev–Trinajstić information content (AvgIpc) is 3.42. The Morgan fingerprint density at radius 3 is 2.39 bits per heavy atom. The zero-order valence-electron chi connectivity index (χ0n) is 20.8. The molecule has 2 amide bonds. The molecule has 4 atom stereocenters. The molecule has 2 bridgehead atoms. The van der Waals surface area contributed by atoms with Gasteiger partial charge in [-0.2, -0.15) is 0 Å². The number of allylic oxidation sites excluding steroid dienone is 1. The summed E-state index contributed by atoms with van der Waals surface area (Å²) in [7, 11) is 0. The number of benzene rings is 2. The van der Waals surface area contributed by atoms with Crippen LogP contribution in [0.2, 0.25) is 0 Å². The molecule has 2 aliphatic carbocycles. The topological polar surface area (TPSA) is 90.0 Å². The molecular formula is C29H29NO6. The van der Waals surface area contributed by atoms with Crippen molar-refractivity contribution in [2.45, 2.75) is 45.1 Å². The number of imide groups is 1. The standard InChI is InChI=1S/C29H29NO6/c1-5-35-25(32)23-19-16-21(18(24(19)31)15-17-11-7-6-8-12-17)29(23)20-13-9-10-14-22(20)30(26(29)33)27(34)36-28(2,3)4/h6-15,19,21,23H,5,16H2,1-4H3/b18-15+/t19-,21-,23-,29+/m1/s1. The highest BCUT2D eigenvalue weighted by Gasteiger charge is 2.74. The highest BCUT2D eigenvalue weighted by molar-refractivity contribution is 6.25. The Morgan fingerprint density at radius 1 is 1.06 bits per heavy atom. The maximum Gasteiger partial charge on any atom is 0.421 e. The van der Waals surface area contributed by atoms with Crippen LogP contribution in [0.4, 0.5) is 10.5 Å². The smallest absolute Gasteiger partial charge is 0.421 e. The van der Waals surface area contributed by atoms with E-state index in [2.05, 4.69) is 0 Å². The van der Waals surface area contributed by atoms with Gasteiger partial charge in [-0.25, -0.2) is 9.69 Å². The summed E-state index contributed by atoms with van der Waals surface area (Å²) in [6.07, 6.45) is 1.34. The fourth-order valence-corrected chi connectivity index (χ4v) is 6.16. The largest absolute Gasteiger partial charge is 0.466 e. The molecule has 0 N–H and O–H groups in total. The highest BCUT2D eigenvalue weighted by Crippen LogP contribution is 2.66. The second-order valence-corrected chi connectivity index (χ2v) is 10.5. The van der Waals surface area contributed by atoms with E-state index in [9.17, 15) is 19.2 Å². The van der Waals surface area contributed by atoms with Gasteiger partial charge in [0.1, 0.15) is 5.60 Å². The minimum atomic E-state index is -1.43. The lowest BCUT2D eigenvalue weighted by atomic mass is 9.60. The molecule has 1 heterocycles. The van der Waals surface area contributed by atoms with E-state index in [4.69, 9.17) is 9.47 Å². The summed E-state index contributed by atoms with van der Waals surface area (Å²) in [4.78, 5) is 55.7. The van der Waals surface area contributed by atoms with Gasteiger partial charge in [0, 0.05) is 17.4 Å². The molecule has 1 spiro atoms. The highest BCUT2D eigenvalue weighted by atomic mass is 16.6. The fourth-order valence-electron chi connectivity index (χ4n) is 6.16. The lowest BCUT2D eigenvalue weighted by Gasteiger charge is -2.39. The monoisotopic (exact) mass is 487 g/mol. The number of amides is 2. The molecule has 0 aromatic heterocycles. The van der Waals surface area contributed by atoms with Gasteiger partial charge in [-0.1, -0.05) is 48.5 Å². The van der Waals surface area contributed by atoms with Crippen molar-refractivity contribution in [2.24, 2.45) is 17.8 Å². The molecule has 36 heavy (non-hydrogen) atoms. The normalized spacial score (nSPS) is 27.6. The molecule has 5 rings (SSSR count). The van der Waals surface area contributed by atoms with Gasteiger partial charge in [0.2, 0.25) is 5.91 Å². The van der Waals surface area contributed by atoms with Crippen LogP contribution in [-0.2, 0) is 29.3 Å². The number of esters is 1. The number of ketones is 1. The number of Topliss-reactive ketones (excluding diaryl/α,β-unsaturated/α-hetero) is 1.